The Morgan fingerprint density at radius 1 is 1.27 bits per heavy atom. The zero-order valence-electron chi connectivity index (χ0n) is 15.4. The summed E-state index contributed by atoms with van der Waals surface area (Å²) in [6.45, 7) is 4.42. The molecule has 1 atom stereocenters. The summed E-state index contributed by atoms with van der Waals surface area (Å²) in [4.78, 5) is 27.0. The molecule has 5 heteroatoms. The molecule has 2 aromatic carbocycles. The molecule has 136 valence electrons. The maximum atomic E-state index is 12.7. The lowest BCUT2D eigenvalue weighted by molar-refractivity contribution is -0.122. The molecule has 1 unspecified atom stereocenters. The van der Waals surface area contributed by atoms with Crippen LogP contribution < -0.4 is 15.0 Å². The number of hydrogen-bond donors (Lipinski definition) is 1. The van der Waals surface area contributed by atoms with Gasteiger partial charge in [0.05, 0.1) is 18.7 Å². The molecular formula is C21H24N2O3. The van der Waals surface area contributed by atoms with Gasteiger partial charge in [0.15, 0.2) is 0 Å². The third-order valence-electron chi connectivity index (χ3n) is 4.77. The number of nitrogens with zero attached hydrogens (tertiary/aromatic N) is 1. The van der Waals surface area contributed by atoms with E-state index >= 15 is 0 Å². The van der Waals surface area contributed by atoms with E-state index in [1.54, 1.807) is 12.0 Å². The fourth-order valence-corrected chi connectivity index (χ4v) is 3.34. The molecule has 1 aliphatic rings. The highest BCUT2D eigenvalue weighted by Crippen LogP contribution is 2.30. The standard InChI is InChI=1S/C21H24N2O3/c1-4-15-7-5-6-8-18(15)23-13-16(12-20(23)24)21(25)22-17-11-14(2)9-10-19(17)26-3/h5-11,16H,4,12-13H2,1-3H3,(H,22,25). The van der Waals surface area contributed by atoms with E-state index in [2.05, 4.69) is 12.2 Å². The van der Waals surface area contributed by atoms with E-state index in [9.17, 15) is 9.59 Å². The van der Waals surface area contributed by atoms with Gasteiger partial charge in [-0.15, -0.1) is 0 Å². The number of benzene rings is 2. The van der Waals surface area contributed by atoms with Gasteiger partial charge in [-0.25, -0.2) is 0 Å². The second-order valence-corrected chi connectivity index (χ2v) is 6.58. The Kier molecular flexibility index (Phi) is 5.26. The van der Waals surface area contributed by atoms with Crippen molar-refractivity contribution in [3.8, 4) is 5.75 Å². The van der Waals surface area contributed by atoms with E-state index in [0.717, 1.165) is 23.2 Å². The summed E-state index contributed by atoms with van der Waals surface area (Å²) >= 11 is 0. The first kappa shape index (κ1) is 18.0. The van der Waals surface area contributed by atoms with Crippen molar-refractivity contribution >= 4 is 23.2 Å². The van der Waals surface area contributed by atoms with Gasteiger partial charge in [0.25, 0.3) is 0 Å². The maximum absolute atomic E-state index is 12.7. The van der Waals surface area contributed by atoms with Crippen LogP contribution in [0.25, 0.3) is 0 Å². The highest BCUT2D eigenvalue weighted by atomic mass is 16.5. The first-order valence-electron chi connectivity index (χ1n) is 8.87. The molecule has 3 rings (SSSR count). The molecule has 0 spiro atoms. The van der Waals surface area contributed by atoms with Crippen molar-refractivity contribution in [3.05, 3.63) is 53.6 Å². The number of aryl methyl sites for hydroxylation is 2. The molecule has 0 aliphatic carbocycles. The van der Waals surface area contributed by atoms with Crippen molar-refractivity contribution in [2.24, 2.45) is 5.92 Å². The number of hydrogen-bond acceptors (Lipinski definition) is 3. The van der Waals surface area contributed by atoms with E-state index in [1.165, 1.54) is 0 Å². The number of ether oxygens (including phenoxy) is 1. The Bertz CT molecular complexity index is 832. The van der Waals surface area contributed by atoms with Gasteiger partial charge in [-0.3, -0.25) is 9.59 Å². The molecule has 1 N–H and O–H groups in total. The van der Waals surface area contributed by atoms with Crippen molar-refractivity contribution < 1.29 is 14.3 Å². The van der Waals surface area contributed by atoms with Crippen LogP contribution in [0.5, 0.6) is 5.75 Å². The Balaban J connectivity index is 1.76. The molecule has 0 bridgehead atoms. The highest BCUT2D eigenvalue weighted by Gasteiger charge is 2.36. The van der Waals surface area contributed by atoms with Crippen LogP contribution in [0.4, 0.5) is 11.4 Å². The van der Waals surface area contributed by atoms with Crippen LogP contribution in [0.3, 0.4) is 0 Å². The predicted octanol–water partition coefficient (Wildman–Crippen LogP) is 3.56. The van der Waals surface area contributed by atoms with Gasteiger partial charge in [-0.1, -0.05) is 31.2 Å². The normalized spacial score (nSPS) is 16.7. The summed E-state index contributed by atoms with van der Waals surface area (Å²) < 4.78 is 5.31. The number of amides is 2. The van der Waals surface area contributed by atoms with E-state index in [0.29, 0.717) is 18.0 Å². The Labute approximate surface area is 154 Å². The quantitative estimate of drug-likeness (QED) is 0.895. The predicted molar refractivity (Wildman–Crippen MR) is 103 cm³/mol. The highest BCUT2D eigenvalue weighted by molar-refractivity contribution is 6.04. The van der Waals surface area contributed by atoms with Crippen molar-refractivity contribution in [3.63, 3.8) is 0 Å². The van der Waals surface area contributed by atoms with Crippen molar-refractivity contribution in [1.82, 2.24) is 0 Å². The molecule has 5 nitrogen and oxygen atoms in total. The first-order valence-corrected chi connectivity index (χ1v) is 8.87. The van der Waals surface area contributed by atoms with Crippen LogP contribution in [-0.4, -0.2) is 25.5 Å². The second-order valence-electron chi connectivity index (χ2n) is 6.58. The molecule has 0 saturated carbocycles. The van der Waals surface area contributed by atoms with Crippen LogP contribution in [0, 0.1) is 12.8 Å². The van der Waals surface area contributed by atoms with Gasteiger partial charge in [0, 0.05) is 18.7 Å². The smallest absolute Gasteiger partial charge is 0.229 e. The zero-order valence-corrected chi connectivity index (χ0v) is 15.4. The van der Waals surface area contributed by atoms with Gasteiger partial charge >= 0.3 is 0 Å². The Hall–Kier alpha value is -2.82. The lowest BCUT2D eigenvalue weighted by atomic mass is 10.1. The molecular weight excluding hydrogens is 328 g/mol. The summed E-state index contributed by atoms with van der Waals surface area (Å²) in [6.07, 6.45) is 1.06. The molecule has 2 amide bonds. The van der Waals surface area contributed by atoms with Crippen molar-refractivity contribution in [2.45, 2.75) is 26.7 Å². The molecule has 0 radical (unpaired) electrons. The Morgan fingerprint density at radius 3 is 2.77 bits per heavy atom. The van der Waals surface area contributed by atoms with Crippen LogP contribution in [-0.2, 0) is 16.0 Å². The summed E-state index contributed by atoms with van der Waals surface area (Å²) in [5.74, 6) is 0.0695. The number of anilines is 2. The minimum Gasteiger partial charge on any atom is -0.495 e. The second kappa shape index (κ2) is 7.60. The summed E-state index contributed by atoms with van der Waals surface area (Å²) in [6, 6.07) is 13.5. The summed E-state index contributed by atoms with van der Waals surface area (Å²) in [5.41, 5.74) is 3.69. The van der Waals surface area contributed by atoms with E-state index < -0.39 is 0 Å². The third kappa shape index (κ3) is 3.57. The van der Waals surface area contributed by atoms with E-state index in [-0.39, 0.29) is 24.2 Å². The molecule has 1 aliphatic heterocycles. The van der Waals surface area contributed by atoms with E-state index in [4.69, 9.17) is 4.74 Å². The van der Waals surface area contributed by atoms with Gasteiger partial charge < -0.3 is 15.0 Å². The van der Waals surface area contributed by atoms with Gasteiger partial charge in [-0.05, 0) is 42.7 Å². The maximum Gasteiger partial charge on any atom is 0.229 e. The molecule has 1 fully saturated rings. The number of methoxy groups -OCH3 is 1. The molecule has 0 aromatic heterocycles. The van der Waals surface area contributed by atoms with Crippen LogP contribution in [0.15, 0.2) is 42.5 Å². The minimum atomic E-state index is -0.377. The number of rotatable bonds is 5. The number of nitrogens with one attached hydrogen (secondary N) is 1. The fourth-order valence-electron chi connectivity index (χ4n) is 3.34. The summed E-state index contributed by atoms with van der Waals surface area (Å²) in [5, 5.41) is 2.92. The van der Waals surface area contributed by atoms with Crippen molar-refractivity contribution in [2.75, 3.05) is 23.9 Å². The molecule has 2 aromatic rings. The molecule has 26 heavy (non-hydrogen) atoms. The lowest BCUT2D eigenvalue weighted by Crippen LogP contribution is -2.28. The topological polar surface area (TPSA) is 58.6 Å². The molecule has 1 heterocycles. The van der Waals surface area contributed by atoms with Gasteiger partial charge in [0.2, 0.25) is 11.8 Å². The molecule has 1 saturated heterocycles. The average Bonchev–Trinajstić information content (AvgIpc) is 3.03. The Morgan fingerprint density at radius 2 is 2.04 bits per heavy atom. The van der Waals surface area contributed by atoms with Crippen molar-refractivity contribution in [1.29, 1.82) is 0 Å². The van der Waals surface area contributed by atoms with Crippen LogP contribution >= 0.6 is 0 Å². The van der Waals surface area contributed by atoms with Gasteiger partial charge in [-0.2, -0.15) is 0 Å². The van der Waals surface area contributed by atoms with Gasteiger partial charge in [0.1, 0.15) is 5.75 Å². The minimum absolute atomic E-state index is 0.0118. The third-order valence-corrected chi connectivity index (χ3v) is 4.77. The first-order chi connectivity index (χ1) is 12.5. The van der Waals surface area contributed by atoms with Crippen LogP contribution in [0.2, 0.25) is 0 Å². The zero-order chi connectivity index (χ0) is 18.7. The lowest BCUT2D eigenvalue weighted by Gasteiger charge is -2.20. The van der Waals surface area contributed by atoms with E-state index in [1.807, 2.05) is 49.4 Å². The average molecular weight is 352 g/mol. The number of para-hydroxylation sites is 1. The fraction of sp³-hybridized carbons (Fsp3) is 0.333. The monoisotopic (exact) mass is 352 g/mol. The number of carbonyl (C=O) groups is 2. The van der Waals surface area contributed by atoms with Crippen LogP contribution in [0.1, 0.15) is 24.5 Å². The number of carbonyl (C=O) groups excluding carboxylic acids is 2. The SMILES string of the molecule is CCc1ccccc1N1CC(C(=O)Nc2cc(C)ccc2OC)CC1=O. The summed E-state index contributed by atoms with van der Waals surface area (Å²) in [7, 11) is 1.57. The largest absolute Gasteiger partial charge is 0.495 e.